The number of nitrogens with one attached hydrogen (secondary N) is 1. The van der Waals surface area contributed by atoms with Gasteiger partial charge in [0.05, 0.1) is 11.1 Å². The fourth-order valence-electron chi connectivity index (χ4n) is 1.99. The quantitative estimate of drug-likeness (QED) is 0.652. The average Bonchev–Trinajstić information content (AvgIpc) is 3.30. The van der Waals surface area contributed by atoms with E-state index in [4.69, 9.17) is 4.74 Å². The van der Waals surface area contributed by atoms with Crippen molar-refractivity contribution in [2.75, 3.05) is 0 Å². The Labute approximate surface area is 121 Å². The molecule has 3 rings (SSSR count). The zero-order valence-electron chi connectivity index (χ0n) is 11.4. The molecular formula is C15H15N3O3. The molecule has 0 bridgehead atoms. The summed E-state index contributed by atoms with van der Waals surface area (Å²) in [4.78, 5) is 14.6. The van der Waals surface area contributed by atoms with Crippen LogP contribution in [0.5, 0.6) is 11.5 Å². The number of hydrogen-bond donors (Lipinski definition) is 1. The molecule has 1 aromatic heterocycles. The van der Waals surface area contributed by atoms with Crippen LogP contribution in [0.2, 0.25) is 0 Å². The predicted molar refractivity (Wildman–Crippen MR) is 77.3 cm³/mol. The number of benzene rings is 1. The van der Waals surface area contributed by atoms with Gasteiger partial charge in [-0.1, -0.05) is 12.1 Å². The molecule has 6 heteroatoms. The lowest BCUT2D eigenvalue weighted by molar-refractivity contribution is -0.385. The number of para-hydroxylation sites is 2. The van der Waals surface area contributed by atoms with Crippen molar-refractivity contribution in [1.82, 2.24) is 10.3 Å². The summed E-state index contributed by atoms with van der Waals surface area (Å²) in [5.74, 6) is 0.719. The van der Waals surface area contributed by atoms with E-state index in [0.29, 0.717) is 11.8 Å². The fourth-order valence-corrected chi connectivity index (χ4v) is 1.99. The van der Waals surface area contributed by atoms with Gasteiger partial charge < -0.3 is 10.1 Å². The molecule has 0 unspecified atom stereocenters. The van der Waals surface area contributed by atoms with Crippen LogP contribution in [-0.2, 0) is 6.54 Å². The van der Waals surface area contributed by atoms with Crippen LogP contribution in [0.15, 0.2) is 42.7 Å². The molecule has 1 aromatic carbocycles. The molecule has 0 atom stereocenters. The Balaban J connectivity index is 1.74. The molecule has 0 amide bonds. The van der Waals surface area contributed by atoms with E-state index in [0.717, 1.165) is 12.1 Å². The highest BCUT2D eigenvalue weighted by molar-refractivity contribution is 5.48. The number of nitro benzene ring substituents is 1. The number of aromatic nitrogens is 1. The molecule has 1 heterocycles. The summed E-state index contributed by atoms with van der Waals surface area (Å²) in [6, 6.07) is 8.77. The number of pyridine rings is 1. The topological polar surface area (TPSA) is 77.3 Å². The minimum absolute atomic E-state index is 0.0565. The normalized spacial score (nSPS) is 13.9. The maximum absolute atomic E-state index is 11.0. The van der Waals surface area contributed by atoms with Crippen molar-refractivity contribution in [3.8, 4) is 11.5 Å². The Kier molecular flexibility index (Phi) is 3.79. The van der Waals surface area contributed by atoms with E-state index in [2.05, 4.69) is 10.3 Å². The standard InChI is InChI=1S/C15H15N3O3/c19-18(20)14-3-1-2-4-15(14)21-13-7-11(8-16-10-13)9-17-12-5-6-12/h1-4,7-8,10,12,17H,5-6,9H2. The first-order chi connectivity index (χ1) is 10.2. The number of nitro groups is 1. The van der Waals surface area contributed by atoms with Gasteiger partial charge in [0.25, 0.3) is 0 Å². The molecule has 1 aliphatic carbocycles. The van der Waals surface area contributed by atoms with Crippen molar-refractivity contribution in [1.29, 1.82) is 0 Å². The van der Waals surface area contributed by atoms with Crippen molar-refractivity contribution in [3.63, 3.8) is 0 Å². The number of rotatable bonds is 6. The number of hydrogen-bond acceptors (Lipinski definition) is 5. The highest BCUT2D eigenvalue weighted by Gasteiger charge is 2.20. The minimum atomic E-state index is -0.457. The first kappa shape index (κ1) is 13.5. The lowest BCUT2D eigenvalue weighted by atomic mass is 10.2. The van der Waals surface area contributed by atoms with Gasteiger partial charge >= 0.3 is 5.69 Å². The molecule has 1 saturated carbocycles. The maximum atomic E-state index is 11.0. The largest absolute Gasteiger partial charge is 0.448 e. The second kappa shape index (κ2) is 5.88. The Morgan fingerprint density at radius 3 is 2.90 bits per heavy atom. The van der Waals surface area contributed by atoms with E-state index in [1.54, 1.807) is 30.6 Å². The molecule has 0 radical (unpaired) electrons. The van der Waals surface area contributed by atoms with Gasteiger partial charge in [0.15, 0.2) is 0 Å². The van der Waals surface area contributed by atoms with E-state index in [-0.39, 0.29) is 11.4 Å². The Morgan fingerprint density at radius 1 is 1.33 bits per heavy atom. The smallest absolute Gasteiger partial charge is 0.311 e. The van der Waals surface area contributed by atoms with E-state index in [1.807, 2.05) is 6.07 Å². The molecule has 6 nitrogen and oxygen atoms in total. The summed E-state index contributed by atoms with van der Waals surface area (Å²) in [6.07, 6.45) is 5.76. The van der Waals surface area contributed by atoms with Gasteiger partial charge in [0, 0.05) is 24.8 Å². The zero-order chi connectivity index (χ0) is 14.7. The Bertz CT molecular complexity index is 656. The minimum Gasteiger partial charge on any atom is -0.448 e. The van der Waals surface area contributed by atoms with E-state index < -0.39 is 4.92 Å². The van der Waals surface area contributed by atoms with E-state index in [9.17, 15) is 10.1 Å². The Hall–Kier alpha value is -2.47. The van der Waals surface area contributed by atoms with Crippen LogP contribution in [0.4, 0.5) is 5.69 Å². The Morgan fingerprint density at radius 2 is 2.14 bits per heavy atom. The third-order valence-electron chi connectivity index (χ3n) is 3.23. The predicted octanol–water partition coefficient (Wildman–Crippen LogP) is 3.03. The second-order valence-electron chi connectivity index (χ2n) is 5.01. The average molecular weight is 285 g/mol. The molecule has 1 N–H and O–H groups in total. The van der Waals surface area contributed by atoms with E-state index >= 15 is 0 Å². The van der Waals surface area contributed by atoms with Crippen LogP contribution >= 0.6 is 0 Å². The van der Waals surface area contributed by atoms with Crippen LogP contribution in [-0.4, -0.2) is 15.9 Å². The van der Waals surface area contributed by atoms with Gasteiger partial charge in [-0.2, -0.15) is 0 Å². The van der Waals surface area contributed by atoms with Crippen LogP contribution in [0, 0.1) is 10.1 Å². The molecule has 1 fully saturated rings. The lowest BCUT2D eigenvalue weighted by Gasteiger charge is -2.08. The van der Waals surface area contributed by atoms with Crippen molar-refractivity contribution in [3.05, 3.63) is 58.4 Å². The first-order valence-electron chi connectivity index (χ1n) is 6.81. The molecule has 2 aromatic rings. The highest BCUT2D eigenvalue weighted by atomic mass is 16.6. The van der Waals surface area contributed by atoms with Crippen molar-refractivity contribution in [2.24, 2.45) is 0 Å². The second-order valence-corrected chi connectivity index (χ2v) is 5.01. The summed E-state index contributed by atoms with van der Waals surface area (Å²) in [5, 5.41) is 14.4. The van der Waals surface area contributed by atoms with Gasteiger partial charge in [-0.15, -0.1) is 0 Å². The van der Waals surface area contributed by atoms with Gasteiger partial charge in [-0.3, -0.25) is 15.1 Å². The third-order valence-corrected chi connectivity index (χ3v) is 3.23. The van der Waals surface area contributed by atoms with Crippen molar-refractivity contribution in [2.45, 2.75) is 25.4 Å². The van der Waals surface area contributed by atoms with Crippen molar-refractivity contribution >= 4 is 5.69 Å². The van der Waals surface area contributed by atoms with Crippen molar-refractivity contribution < 1.29 is 9.66 Å². The first-order valence-corrected chi connectivity index (χ1v) is 6.81. The van der Waals surface area contributed by atoms with Crippen LogP contribution in [0.25, 0.3) is 0 Å². The highest BCUT2D eigenvalue weighted by Crippen LogP contribution is 2.30. The molecule has 0 saturated heterocycles. The van der Waals surface area contributed by atoms with Gasteiger partial charge in [-0.05, 0) is 30.5 Å². The van der Waals surface area contributed by atoms with Crippen LogP contribution in [0.1, 0.15) is 18.4 Å². The molecular weight excluding hydrogens is 270 g/mol. The molecule has 0 aliphatic heterocycles. The summed E-state index contributed by atoms with van der Waals surface area (Å²) in [6.45, 7) is 0.728. The van der Waals surface area contributed by atoms with Gasteiger partial charge in [-0.25, -0.2) is 0 Å². The molecule has 0 spiro atoms. The van der Waals surface area contributed by atoms with Crippen LogP contribution in [0.3, 0.4) is 0 Å². The number of ether oxygens (including phenoxy) is 1. The SMILES string of the molecule is O=[N+]([O-])c1ccccc1Oc1cncc(CNC2CC2)c1. The summed E-state index contributed by atoms with van der Waals surface area (Å²) < 4.78 is 5.60. The number of nitrogens with zero attached hydrogens (tertiary/aromatic N) is 2. The maximum Gasteiger partial charge on any atom is 0.311 e. The van der Waals surface area contributed by atoms with E-state index in [1.165, 1.54) is 18.9 Å². The summed E-state index contributed by atoms with van der Waals surface area (Å²) >= 11 is 0. The molecule has 21 heavy (non-hydrogen) atoms. The monoisotopic (exact) mass is 285 g/mol. The summed E-state index contributed by atoms with van der Waals surface area (Å²) in [7, 11) is 0. The third kappa shape index (κ3) is 3.55. The fraction of sp³-hybridized carbons (Fsp3) is 0.267. The van der Waals surface area contributed by atoms with Crippen LogP contribution < -0.4 is 10.1 Å². The molecule has 1 aliphatic rings. The zero-order valence-corrected chi connectivity index (χ0v) is 11.4. The lowest BCUT2D eigenvalue weighted by Crippen LogP contribution is -2.15. The van der Waals surface area contributed by atoms with Gasteiger partial charge in [0.2, 0.25) is 5.75 Å². The molecule has 108 valence electrons. The van der Waals surface area contributed by atoms with Gasteiger partial charge in [0.1, 0.15) is 5.75 Å². The summed E-state index contributed by atoms with van der Waals surface area (Å²) in [5.41, 5.74) is 0.942.